The molecule has 2 aromatic heterocycles. The van der Waals surface area contributed by atoms with Crippen molar-refractivity contribution in [1.82, 2.24) is 19.9 Å². The van der Waals surface area contributed by atoms with Crippen molar-refractivity contribution < 1.29 is 8.76 Å². The molecule has 0 amide bonds. The molecule has 11 nitrogen and oxygen atoms in total. The predicted molar refractivity (Wildman–Crippen MR) is 151 cm³/mol. The van der Waals surface area contributed by atoms with E-state index in [0.717, 1.165) is 27.2 Å². The number of aryl methyl sites for hydroxylation is 2. The second-order valence-electron chi connectivity index (χ2n) is 8.15. The molecule has 5 rings (SSSR count). The number of fused-ring (bicyclic) bond motifs is 1. The summed E-state index contributed by atoms with van der Waals surface area (Å²) in [6.45, 7) is 3.81. The Balaban J connectivity index is 1.31. The largest absolute Gasteiger partial charge is 0.399 e. The summed E-state index contributed by atoms with van der Waals surface area (Å²) in [4.78, 5) is 17.4. The van der Waals surface area contributed by atoms with Crippen LogP contribution in [0.15, 0.2) is 69.7 Å². The first-order valence-corrected chi connectivity index (χ1v) is 13.4. The van der Waals surface area contributed by atoms with E-state index >= 15 is 0 Å². The highest BCUT2D eigenvalue weighted by molar-refractivity contribution is 7.79. The fourth-order valence-corrected chi connectivity index (χ4v) is 4.79. The fraction of sp³-hybridized carbons (Fsp3) is 0.0833. The smallest absolute Gasteiger partial charge is 0.233 e. The third-order valence-corrected chi connectivity index (χ3v) is 7.13. The first kappa shape index (κ1) is 25.6. The normalized spacial score (nSPS) is 12.2. The lowest BCUT2D eigenvalue weighted by molar-refractivity contribution is 0.564. The molecule has 1 atom stereocenters. The van der Waals surface area contributed by atoms with Crippen LogP contribution >= 0.6 is 22.9 Å². The van der Waals surface area contributed by atoms with E-state index in [1.165, 1.54) is 11.3 Å². The van der Waals surface area contributed by atoms with Gasteiger partial charge in [-0.25, -0.2) is 9.19 Å². The number of hydrogen-bond donors (Lipinski definition) is 4. The van der Waals surface area contributed by atoms with Crippen LogP contribution in [0.5, 0.6) is 0 Å². The van der Waals surface area contributed by atoms with Crippen LogP contribution in [-0.2, 0) is 11.1 Å². The van der Waals surface area contributed by atoms with Gasteiger partial charge in [-0.15, -0.1) is 10.2 Å². The molecule has 14 heteroatoms. The highest BCUT2D eigenvalue weighted by Crippen LogP contribution is 2.32. The van der Waals surface area contributed by atoms with E-state index in [1.807, 2.05) is 38.1 Å². The summed E-state index contributed by atoms with van der Waals surface area (Å²) in [6, 6.07) is 15.9. The molecular formula is C24H20ClN9O2S2. The molecular weight excluding hydrogens is 546 g/mol. The molecule has 0 aliphatic heterocycles. The molecule has 1 unspecified atom stereocenters. The highest BCUT2D eigenvalue weighted by atomic mass is 35.5. The van der Waals surface area contributed by atoms with Gasteiger partial charge in [0.1, 0.15) is 0 Å². The van der Waals surface area contributed by atoms with Gasteiger partial charge in [-0.3, -0.25) is 0 Å². The zero-order valence-electron chi connectivity index (χ0n) is 20.0. The van der Waals surface area contributed by atoms with Crippen molar-refractivity contribution in [3.8, 4) is 0 Å². The lowest BCUT2D eigenvalue weighted by atomic mass is 10.2. The molecule has 0 aliphatic carbocycles. The Kier molecular flexibility index (Phi) is 7.24. The molecule has 3 aromatic carbocycles. The lowest BCUT2D eigenvalue weighted by Gasteiger charge is -2.10. The van der Waals surface area contributed by atoms with Gasteiger partial charge >= 0.3 is 0 Å². The SMILES string of the molecule is Cc1cc(Nc2nc(Cl)nc(Nc3ccc(N=Nc4nc5cc(S(=O)O)ccc5s4)c(C)c3)n2)ccc1N. The molecule has 38 heavy (non-hydrogen) atoms. The topological polar surface area (TPSA) is 164 Å². The molecule has 0 fully saturated rings. The number of hydrogen-bond acceptors (Lipinski definition) is 11. The fourth-order valence-electron chi connectivity index (χ4n) is 3.46. The first-order chi connectivity index (χ1) is 18.2. The monoisotopic (exact) mass is 565 g/mol. The Bertz CT molecular complexity index is 1730. The minimum Gasteiger partial charge on any atom is -0.399 e. The maximum atomic E-state index is 11.3. The van der Waals surface area contributed by atoms with Crippen molar-refractivity contribution in [1.29, 1.82) is 0 Å². The highest BCUT2D eigenvalue weighted by Gasteiger charge is 2.10. The van der Waals surface area contributed by atoms with Crippen molar-refractivity contribution in [2.24, 2.45) is 10.2 Å². The van der Waals surface area contributed by atoms with Crippen LogP contribution in [0.1, 0.15) is 11.1 Å². The van der Waals surface area contributed by atoms with E-state index in [2.05, 4.69) is 40.8 Å². The van der Waals surface area contributed by atoms with Gasteiger partial charge in [-0.2, -0.15) is 15.0 Å². The first-order valence-electron chi connectivity index (χ1n) is 11.1. The van der Waals surface area contributed by atoms with Crippen LogP contribution in [0.3, 0.4) is 0 Å². The summed E-state index contributed by atoms with van der Waals surface area (Å²) < 4.78 is 21.4. The summed E-state index contributed by atoms with van der Waals surface area (Å²) >= 11 is 5.40. The van der Waals surface area contributed by atoms with Crippen LogP contribution in [-0.4, -0.2) is 28.7 Å². The number of halogens is 1. The number of rotatable bonds is 7. The van der Waals surface area contributed by atoms with Crippen LogP contribution in [0, 0.1) is 13.8 Å². The zero-order valence-corrected chi connectivity index (χ0v) is 22.4. The summed E-state index contributed by atoms with van der Waals surface area (Å²) in [6.07, 6.45) is 0. The minimum absolute atomic E-state index is 0.0347. The molecule has 192 valence electrons. The number of nitrogens with one attached hydrogen (secondary N) is 2. The van der Waals surface area contributed by atoms with Gasteiger partial charge in [0.25, 0.3) is 0 Å². The number of azo groups is 1. The number of benzene rings is 3. The molecule has 0 saturated carbocycles. The summed E-state index contributed by atoms with van der Waals surface area (Å²) in [5.74, 6) is 0.554. The number of anilines is 5. The van der Waals surface area contributed by atoms with Crippen LogP contribution in [0.25, 0.3) is 10.2 Å². The Morgan fingerprint density at radius 1 is 0.895 bits per heavy atom. The van der Waals surface area contributed by atoms with E-state index in [0.29, 0.717) is 22.0 Å². The zero-order chi connectivity index (χ0) is 26.8. The Hall–Kier alpha value is -4.04. The molecule has 5 N–H and O–H groups in total. The molecule has 0 bridgehead atoms. The molecule has 0 aliphatic rings. The summed E-state index contributed by atoms with van der Waals surface area (Å²) in [5, 5.41) is 15.3. The van der Waals surface area contributed by atoms with Crippen molar-refractivity contribution >= 4 is 84.0 Å². The number of aromatic nitrogens is 4. The van der Waals surface area contributed by atoms with Gasteiger partial charge in [-0.1, -0.05) is 11.3 Å². The van der Waals surface area contributed by atoms with Crippen LogP contribution in [0.2, 0.25) is 5.28 Å². The van der Waals surface area contributed by atoms with Crippen molar-refractivity contribution in [3.63, 3.8) is 0 Å². The molecule has 0 radical (unpaired) electrons. The van der Waals surface area contributed by atoms with E-state index in [9.17, 15) is 8.76 Å². The van der Waals surface area contributed by atoms with Crippen molar-refractivity contribution in [3.05, 3.63) is 71.0 Å². The Morgan fingerprint density at radius 2 is 1.58 bits per heavy atom. The molecule has 2 heterocycles. The third kappa shape index (κ3) is 5.92. The van der Waals surface area contributed by atoms with Gasteiger partial charge in [0.2, 0.25) is 22.3 Å². The van der Waals surface area contributed by atoms with Gasteiger partial charge in [0, 0.05) is 17.1 Å². The number of nitrogens with zero attached hydrogens (tertiary/aromatic N) is 6. The van der Waals surface area contributed by atoms with Crippen LogP contribution < -0.4 is 16.4 Å². The van der Waals surface area contributed by atoms with E-state index in [1.54, 1.807) is 30.3 Å². The average Bonchev–Trinajstić information content (AvgIpc) is 3.27. The number of nitrogens with two attached hydrogens (primary N) is 1. The quantitative estimate of drug-likeness (QED) is 0.0941. The molecule has 0 spiro atoms. The van der Waals surface area contributed by atoms with Crippen molar-refractivity contribution in [2.45, 2.75) is 18.7 Å². The van der Waals surface area contributed by atoms with Crippen molar-refractivity contribution in [2.75, 3.05) is 16.4 Å². The second-order valence-corrected chi connectivity index (χ2v) is 10.5. The van der Waals surface area contributed by atoms with Gasteiger partial charge in [-0.05, 0) is 91.2 Å². The Labute approximate surface area is 228 Å². The maximum absolute atomic E-state index is 11.3. The molecule has 5 aromatic rings. The van der Waals surface area contributed by atoms with Gasteiger partial charge in [0.05, 0.1) is 20.8 Å². The minimum atomic E-state index is -2.07. The Morgan fingerprint density at radius 3 is 2.24 bits per heavy atom. The summed E-state index contributed by atoms with van der Waals surface area (Å²) in [7, 11) is 0. The molecule has 0 saturated heterocycles. The second kappa shape index (κ2) is 10.8. The van der Waals surface area contributed by atoms with Gasteiger partial charge in [0.15, 0.2) is 11.1 Å². The predicted octanol–water partition coefficient (Wildman–Crippen LogP) is 6.82. The maximum Gasteiger partial charge on any atom is 0.233 e. The summed E-state index contributed by atoms with van der Waals surface area (Å²) in [5.41, 5.74) is 11.1. The van der Waals surface area contributed by atoms with Crippen LogP contribution in [0.4, 0.5) is 39.8 Å². The number of nitrogen functional groups attached to an aromatic ring is 1. The average molecular weight is 566 g/mol. The third-order valence-electron chi connectivity index (χ3n) is 5.38. The van der Waals surface area contributed by atoms with Gasteiger partial charge < -0.3 is 20.9 Å². The lowest BCUT2D eigenvalue weighted by Crippen LogP contribution is -2.04. The standard InChI is InChI=1S/C24H20ClN9O2S2/c1-12-9-14(3-6-17(12)26)27-22-30-21(25)31-23(32-22)28-15-4-7-18(13(2)10-15)33-34-24-29-19-11-16(38(35)36)5-8-20(19)37-24/h3-11H,26H2,1-2H3,(H,35,36)(H2,27,28,30,31,32). The van der Waals surface area contributed by atoms with E-state index in [4.69, 9.17) is 17.3 Å². The number of thiazole rings is 1. The van der Waals surface area contributed by atoms with E-state index < -0.39 is 11.1 Å². The van der Waals surface area contributed by atoms with E-state index in [-0.39, 0.29) is 22.1 Å².